The first-order valence-electron chi connectivity index (χ1n) is 34.1. The third-order valence-electron chi connectivity index (χ3n) is 18.5. The Bertz CT molecular complexity index is 4100. The number of nitrogens with one attached hydrogen (secondary N) is 3. The molecule has 5 aliphatic rings. The first kappa shape index (κ1) is 75.7. The van der Waals surface area contributed by atoms with E-state index in [1.807, 2.05) is 120 Å². The van der Waals surface area contributed by atoms with Crippen LogP contribution in [0.5, 0.6) is 17.2 Å². The number of hydrogen-bond donors (Lipinski definition) is 3. The van der Waals surface area contributed by atoms with E-state index >= 15 is 0 Å². The number of imide groups is 3. The van der Waals surface area contributed by atoms with Crippen LogP contribution in [-0.4, -0.2) is 127 Å². The molecule has 3 saturated heterocycles. The first-order valence-corrected chi connectivity index (χ1v) is 39.0. The van der Waals surface area contributed by atoms with Crippen LogP contribution in [0, 0.1) is 11.8 Å². The van der Waals surface area contributed by atoms with Crippen LogP contribution in [-0.2, 0) is 84.4 Å². The fourth-order valence-corrected chi connectivity index (χ4v) is 18.1. The van der Waals surface area contributed by atoms with Gasteiger partial charge in [-0.3, -0.25) is 35.1 Å². The van der Waals surface area contributed by atoms with Gasteiger partial charge in [0.05, 0.1) is 44.7 Å². The van der Waals surface area contributed by atoms with E-state index in [4.69, 9.17) is 14.2 Å². The van der Waals surface area contributed by atoms with E-state index in [1.54, 1.807) is 64.4 Å². The van der Waals surface area contributed by atoms with Gasteiger partial charge in [-0.15, -0.1) is 0 Å². The quantitative estimate of drug-likeness (QED) is 0.0426. The first-order chi connectivity index (χ1) is 47.2. The van der Waals surface area contributed by atoms with Gasteiger partial charge in [0.15, 0.2) is 29.5 Å². The van der Waals surface area contributed by atoms with Crippen molar-refractivity contribution < 1.29 is 72.6 Å². The summed E-state index contributed by atoms with van der Waals surface area (Å²) in [5.74, 6) is 0.751. The highest BCUT2D eigenvalue weighted by molar-refractivity contribution is 7.92. The van der Waals surface area contributed by atoms with Crippen molar-refractivity contribution in [3.8, 4) is 17.2 Å². The van der Waals surface area contributed by atoms with Gasteiger partial charge in [0.2, 0.25) is 23.6 Å². The SMILES string of the molecule is CC(C)(CS(=O)(=O)c1cccc(OC2CCCC2)c1)c1ccc(CN2CCC(=O)NC2=O)cc1.CC(C)(CS(=O)(=O)c1cccc(OCC2CC2)c1)c1ccc(CC2CCC(=O)NC2=O)cc1.CC(F)COc1cccc(S(=O)(=O)CC(C)(C)c2ccc(CN3CCC(=O)NC3=O)cc2)c1. The fourth-order valence-electron chi connectivity index (χ4n) is 12.5. The summed E-state index contributed by atoms with van der Waals surface area (Å²) >= 11 is 0. The minimum absolute atomic E-state index is 0.0292. The van der Waals surface area contributed by atoms with Crippen molar-refractivity contribution in [3.63, 3.8) is 0 Å². The van der Waals surface area contributed by atoms with Crippen LogP contribution in [0.25, 0.3) is 0 Å². The smallest absolute Gasteiger partial charge is 0.324 e. The Labute approximate surface area is 587 Å². The molecule has 2 atom stereocenters. The average Bonchev–Trinajstić information content (AvgIpc) is 1.12. The van der Waals surface area contributed by atoms with E-state index in [0.29, 0.717) is 81.6 Å². The lowest BCUT2D eigenvalue weighted by molar-refractivity contribution is -0.136. The number of sulfone groups is 3. The van der Waals surface area contributed by atoms with Gasteiger partial charge in [-0.1, -0.05) is 133 Å². The standard InChI is InChI=1S/C26H32N2O5S.C26H31NO5S.C24H29FN2O5S/c1-26(2,20-12-10-19(11-13-20)17-28-15-14-24(29)27-25(28)30)18-34(31,32)23-9-5-8-22(16-23)33-21-6-3-4-7-21;1-26(2,17-33(30,31)23-5-3-4-22(15-23)32-16-19-6-7-19)21-11-8-18(9-12-21)14-20-10-13-24(28)27-25(20)29;1-17(25)15-32-20-5-4-6-21(13-20)33(30,31)16-24(2,3)19-9-7-18(8-10-19)14-27-12-11-22(28)26-23(27)29/h5,8-13,16,21H,3-4,6-7,14-15,17-18H2,1-2H3,(H,27,29,30);3-5,8-9,11-12,15,19-20H,6-7,10,13-14,16-17H2,1-2H3,(H,27,28,29);4-10,13,17H,11-12,14-16H2,1-3H3,(H,26,28,29). The second-order valence-corrected chi connectivity index (χ2v) is 34.7. The second kappa shape index (κ2) is 32.4. The van der Waals surface area contributed by atoms with E-state index in [0.717, 1.165) is 59.1 Å². The molecule has 3 aliphatic heterocycles. The van der Waals surface area contributed by atoms with Crippen LogP contribution >= 0.6 is 0 Å². The molecule has 2 saturated carbocycles. The number of nitrogens with zero attached hydrogens (tertiary/aromatic N) is 2. The van der Waals surface area contributed by atoms with Crippen molar-refractivity contribution in [1.29, 1.82) is 0 Å². The summed E-state index contributed by atoms with van der Waals surface area (Å²) < 4.78 is 109. The van der Waals surface area contributed by atoms with Crippen molar-refractivity contribution in [1.82, 2.24) is 25.8 Å². The van der Waals surface area contributed by atoms with Crippen LogP contribution in [0.3, 0.4) is 0 Å². The van der Waals surface area contributed by atoms with Crippen molar-refractivity contribution in [3.05, 3.63) is 179 Å². The van der Waals surface area contributed by atoms with Gasteiger partial charge in [-0.2, -0.15) is 0 Å². The normalized spacial score (nSPS) is 17.6. The Morgan fingerprint density at radius 2 is 0.870 bits per heavy atom. The number of hydrogen-bond acceptors (Lipinski definition) is 15. The lowest BCUT2D eigenvalue weighted by atomic mass is 9.85. The number of carbonyl (C=O) groups excluding carboxylic acids is 6. The van der Waals surface area contributed by atoms with Crippen molar-refractivity contribution in [2.45, 2.75) is 175 Å². The summed E-state index contributed by atoms with van der Waals surface area (Å²) in [6.07, 6.45) is 7.76. The zero-order chi connectivity index (χ0) is 72.2. The number of benzene rings is 6. The molecule has 2 unspecified atom stereocenters. The Hall–Kier alpha value is -8.48. The maximum Gasteiger partial charge on any atom is 0.324 e. The lowest BCUT2D eigenvalue weighted by Crippen LogP contribution is -2.48. The van der Waals surface area contributed by atoms with E-state index in [2.05, 4.69) is 16.0 Å². The van der Waals surface area contributed by atoms with Crippen LogP contribution in [0.2, 0.25) is 0 Å². The van der Waals surface area contributed by atoms with E-state index in [1.165, 1.54) is 31.9 Å². The Morgan fingerprint density at radius 1 is 0.480 bits per heavy atom. The van der Waals surface area contributed by atoms with Gasteiger partial charge in [0.1, 0.15) is 30.0 Å². The van der Waals surface area contributed by atoms with Gasteiger partial charge >= 0.3 is 12.1 Å². The Kier molecular flexibility index (Phi) is 24.6. The molecule has 0 bridgehead atoms. The molecule has 6 aromatic carbocycles. The summed E-state index contributed by atoms with van der Waals surface area (Å²) in [6.45, 7) is 14.8. The number of rotatable bonds is 26. The zero-order valence-electron chi connectivity index (χ0n) is 57.9. The summed E-state index contributed by atoms with van der Waals surface area (Å²) in [4.78, 5) is 73.7. The second-order valence-electron chi connectivity index (χ2n) is 28.7. The summed E-state index contributed by atoms with van der Waals surface area (Å²) in [7, 11) is -10.7. The highest BCUT2D eigenvalue weighted by Crippen LogP contribution is 2.35. The maximum atomic E-state index is 13.3. The minimum atomic E-state index is -3.64. The molecule has 0 spiro atoms. The molecule has 11 rings (SSSR count). The molecular weight excluding hydrogens is 1340 g/mol. The van der Waals surface area contributed by atoms with E-state index < -0.39 is 58.0 Å². The third-order valence-corrected chi connectivity index (χ3v) is 24.7. The summed E-state index contributed by atoms with van der Waals surface area (Å²) in [5.41, 5.74) is 3.55. The predicted molar refractivity (Wildman–Crippen MR) is 378 cm³/mol. The fraction of sp³-hybridized carbons (Fsp3) is 0.447. The number of piperidine rings is 1. The Balaban J connectivity index is 0.000000175. The summed E-state index contributed by atoms with van der Waals surface area (Å²) in [5, 5.41) is 7.01. The number of halogens is 1. The molecule has 3 heterocycles. The van der Waals surface area contributed by atoms with Gasteiger partial charge < -0.3 is 24.0 Å². The molecule has 3 N–H and O–H groups in total. The number of carbonyl (C=O) groups is 6. The summed E-state index contributed by atoms with van der Waals surface area (Å²) in [6, 6.07) is 41.8. The molecule has 2 aliphatic carbocycles. The lowest BCUT2D eigenvalue weighted by Gasteiger charge is -2.28. The molecule has 536 valence electrons. The average molecular weight is 1430 g/mol. The van der Waals surface area contributed by atoms with Crippen LogP contribution < -0.4 is 30.2 Å². The van der Waals surface area contributed by atoms with Gasteiger partial charge in [-0.25, -0.2) is 39.2 Å². The third kappa shape index (κ3) is 21.5. The molecule has 24 heteroatoms. The molecule has 0 radical (unpaired) electrons. The molecular formula is C76H92FN5O15S3. The molecule has 0 aromatic heterocycles. The number of amides is 8. The van der Waals surface area contributed by atoms with Crippen molar-refractivity contribution >= 4 is 65.2 Å². The van der Waals surface area contributed by atoms with Crippen LogP contribution in [0.4, 0.5) is 14.0 Å². The zero-order valence-corrected chi connectivity index (χ0v) is 60.4. The van der Waals surface area contributed by atoms with Crippen LogP contribution in [0.1, 0.15) is 146 Å². The minimum Gasteiger partial charge on any atom is -0.493 e. The molecule has 20 nitrogen and oxygen atoms in total. The number of ether oxygens (including phenoxy) is 3. The molecule has 5 fully saturated rings. The highest BCUT2D eigenvalue weighted by Gasteiger charge is 2.35. The van der Waals surface area contributed by atoms with Gasteiger partial charge in [-0.05, 0) is 152 Å². The maximum absolute atomic E-state index is 13.3. The number of alkyl halides is 1. The van der Waals surface area contributed by atoms with Crippen LogP contribution in [0.15, 0.2) is 160 Å². The monoisotopic (exact) mass is 1430 g/mol. The number of urea groups is 2. The molecule has 100 heavy (non-hydrogen) atoms. The van der Waals surface area contributed by atoms with Gasteiger partial charge in [0, 0.05) is 67.6 Å². The highest BCUT2D eigenvalue weighted by atomic mass is 32.2. The molecule has 8 amide bonds. The molecule has 6 aromatic rings. The van der Waals surface area contributed by atoms with Crippen molar-refractivity contribution in [2.75, 3.05) is 43.6 Å². The Morgan fingerprint density at radius 3 is 1.27 bits per heavy atom. The largest absolute Gasteiger partial charge is 0.493 e. The predicted octanol–water partition coefficient (Wildman–Crippen LogP) is 11.6. The van der Waals surface area contributed by atoms with E-state index in [9.17, 15) is 58.4 Å². The van der Waals surface area contributed by atoms with Gasteiger partial charge in [0.25, 0.3) is 0 Å². The topological polar surface area (TPSA) is 275 Å². The van der Waals surface area contributed by atoms with Crippen molar-refractivity contribution in [2.24, 2.45) is 11.8 Å². The van der Waals surface area contributed by atoms with E-state index in [-0.39, 0.29) is 86.7 Å².